The van der Waals surface area contributed by atoms with Crippen LogP contribution in [0, 0.1) is 0 Å². The third kappa shape index (κ3) is 7.59. The van der Waals surface area contributed by atoms with Gasteiger partial charge in [-0.3, -0.25) is 10.2 Å². The quantitative estimate of drug-likeness (QED) is 0.0557. The second-order valence-electron chi connectivity index (χ2n) is 11.1. The van der Waals surface area contributed by atoms with Crippen molar-refractivity contribution in [2.75, 3.05) is 22.6 Å². The van der Waals surface area contributed by atoms with Gasteiger partial charge < -0.3 is 26.3 Å². The molecule has 0 saturated carbocycles. The van der Waals surface area contributed by atoms with Crippen LogP contribution >= 0.6 is 0 Å². The minimum absolute atomic E-state index is 0.224. The number of carbonyl (C=O) groups is 1. The minimum atomic E-state index is -5.32. The number of nitrogen functional groups attached to an aromatic ring is 3. The molecule has 1 aliphatic carbocycles. The molecule has 5 aromatic rings. The summed E-state index contributed by atoms with van der Waals surface area (Å²) < 4.78 is 73.3. The Labute approximate surface area is 296 Å². The van der Waals surface area contributed by atoms with Crippen molar-refractivity contribution in [3.05, 3.63) is 119 Å². The number of rotatable bonds is 9. The van der Waals surface area contributed by atoms with Crippen molar-refractivity contribution in [1.82, 2.24) is 0 Å². The van der Waals surface area contributed by atoms with Crippen molar-refractivity contribution in [3.63, 3.8) is 0 Å². The number of hydrogen-bond donors (Lipinski definition) is 4. The summed E-state index contributed by atoms with van der Waals surface area (Å²) in [5, 5.41) is 20.1. The number of ketones is 1. The van der Waals surface area contributed by atoms with Gasteiger partial charge in [-0.05, 0) is 83.4 Å². The van der Waals surface area contributed by atoms with Gasteiger partial charge in [-0.15, -0.1) is 10.2 Å². The number of hydrogen-bond acceptors (Lipinski definition) is 16. The number of carbonyl (C=O) groups excluding carboxylic acids is 1. The zero-order valence-corrected chi connectivity index (χ0v) is 28.2. The maximum atomic E-state index is 13.6. The predicted molar refractivity (Wildman–Crippen MR) is 194 cm³/mol. The highest BCUT2D eigenvalue weighted by Crippen LogP contribution is 2.41. The van der Waals surface area contributed by atoms with Crippen LogP contribution in [0.25, 0.3) is 17.2 Å². The molecule has 0 bridgehead atoms. The Morgan fingerprint density at radius 1 is 0.654 bits per heavy atom. The summed E-state index contributed by atoms with van der Waals surface area (Å²) >= 11 is 0. The number of fused-ring (bicyclic) bond motifs is 1. The maximum absolute atomic E-state index is 13.6. The summed E-state index contributed by atoms with van der Waals surface area (Å²) in [6, 6.07) is 27.4. The van der Waals surface area contributed by atoms with E-state index in [4.69, 9.17) is 17.2 Å². The van der Waals surface area contributed by atoms with Gasteiger partial charge in [-0.1, -0.05) is 42.5 Å². The molecule has 7 N–H and O–H groups in total. The first-order valence-corrected chi connectivity index (χ1v) is 17.7. The van der Waals surface area contributed by atoms with Crippen LogP contribution in [0.15, 0.2) is 138 Å². The lowest BCUT2D eigenvalue weighted by Gasteiger charge is -2.23. The second-order valence-corrected chi connectivity index (χ2v) is 13.8. The molecule has 0 saturated heterocycles. The zero-order chi connectivity index (χ0) is 37.2. The average molecular weight is 736 g/mol. The van der Waals surface area contributed by atoms with Crippen LogP contribution in [0.5, 0.6) is 0 Å². The van der Waals surface area contributed by atoms with Gasteiger partial charge in [0.1, 0.15) is 37.3 Å². The van der Waals surface area contributed by atoms with E-state index in [0.717, 1.165) is 17.2 Å². The number of nitrogens with zero attached hydrogens (tertiary/aromatic N) is 5. The number of para-hydroxylation sites is 1. The predicted octanol–water partition coefficient (Wildman–Crippen LogP) is 6.39. The lowest BCUT2D eigenvalue weighted by Crippen LogP contribution is -2.28. The number of allylic oxidation sites excluding steroid dienone is 1. The Balaban J connectivity index is 1.30. The van der Waals surface area contributed by atoms with Gasteiger partial charge in [0, 0.05) is 5.69 Å². The Kier molecular flexibility index (Phi) is 9.46. The standard InChI is InChI=1S/C34H27N9O7S2/c35-22-10-15-27(26(36)18-22)41-38-24-11-6-19(7-12-24)20-8-13-25(14-9-20)40-42-32-28(51(45,46)47)16-21-17-29(52(48,49)50)33(34(44)30(21)31(32)37)43-39-23-4-2-1-3-5-23/h1-18,39H,35-37H2,(H,45,46,47)(H,48,49,50)/p-2/b41-38?,42-40?,43-33+. The Hall–Kier alpha value is -6.60. The van der Waals surface area contributed by atoms with Gasteiger partial charge in [0.05, 0.1) is 43.8 Å². The molecule has 18 heteroatoms. The lowest BCUT2D eigenvalue weighted by atomic mass is 9.92. The molecule has 0 amide bonds. The van der Waals surface area contributed by atoms with E-state index in [9.17, 15) is 30.7 Å². The van der Waals surface area contributed by atoms with Gasteiger partial charge in [-0.2, -0.15) is 15.3 Å². The van der Waals surface area contributed by atoms with Gasteiger partial charge in [-0.25, -0.2) is 16.8 Å². The summed E-state index contributed by atoms with van der Waals surface area (Å²) in [7, 11) is -10.6. The van der Waals surface area contributed by atoms with E-state index < -0.39 is 64.0 Å². The first-order valence-electron chi connectivity index (χ1n) is 14.9. The van der Waals surface area contributed by atoms with Crippen molar-refractivity contribution in [3.8, 4) is 11.1 Å². The normalized spacial score (nSPS) is 14.2. The van der Waals surface area contributed by atoms with Gasteiger partial charge in [0.25, 0.3) is 0 Å². The Morgan fingerprint density at radius 2 is 1.25 bits per heavy atom. The number of nitrogens with two attached hydrogens (primary N) is 3. The number of nitrogens with one attached hydrogen (secondary N) is 1. The van der Waals surface area contributed by atoms with E-state index >= 15 is 0 Å². The number of Topliss-reactive ketones (excluding diaryl/α,β-unsaturated/α-hetero) is 1. The monoisotopic (exact) mass is 735 g/mol. The molecule has 1 aliphatic rings. The van der Waals surface area contributed by atoms with Crippen LogP contribution in [-0.4, -0.2) is 37.4 Å². The second kappa shape index (κ2) is 14.0. The average Bonchev–Trinajstić information content (AvgIpc) is 3.10. The summed E-state index contributed by atoms with van der Waals surface area (Å²) in [4.78, 5) is 11.6. The van der Waals surface area contributed by atoms with Gasteiger partial charge in [0.2, 0.25) is 5.78 Å². The summed E-state index contributed by atoms with van der Waals surface area (Å²) in [6.45, 7) is 0. The Bertz CT molecular complexity index is 2570. The molecule has 0 aliphatic heterocycles. The number of anilines is 4. The molecule has 0 heterocycles. The van der Waals surface area contributed by atoms with E-state index in [1.807, 2.05) is 12.1 Å². The van der Waals surface area contributed by atoms with Crippen molar-refractivity contribution in [2.45, 2.75) is 4.90 Å². The summed E-state index contributed by atoms with van der Waals surface area (Å²) in [5.74, 6) is -1.13. The smallest absolute Gasteiger partial charge is 0.217 e. The molecule has 0 atom stereocenters. The lowest BCUT2D eigenvalue weighted by molar-refractivity contribution is 0.106. The van der Waals surface area contributed by atoms with Crippen molar-refractivity contribution >= 4 is 83.3 Å². The zero-order valence-electron chi connectivity index (χ0n) is 26.5. The maximum Gasteiger partial charge on any atom is 0.217 e. The van der Waals surface area contributed by atoms with E-state index in [-0.39, 0.29) is 5.69 Å². The van der Waals surface area contributed by atoms with Gasteiger partial charge >= 0.3 is 0 Å². The molecule has 6 rings (SSSR count). The fraction of sp³-hybridized carbons (Fsp3) is 0. The summed E-state index contributed by atoms with van der Waals surface area (Å²) in [5.41, 5.74) is 21.6. The molecule has 0 spiro atoms. The van der Waals surface area contributed by atoms with Crippen LogP contribution in [-0.2, 0) is 20.2 Å². The number of hydrazone groups is 1. The van der Waals surface area contributed by atoms with Crippen LogP contribution in [0.4, 0.5) is 45.5 Å². The first-order chi connectivity index (χ1) is 24.7. The fourth-order valence-electron chi connectivity index (χ4n) is 5.04. The van der Waals surface area contributed by atoms with Crippen molar-refractivity contribution < 1.29 is 30.7 Å². The molecule has 52 heavy (non-hydrogen) atoms. The van der Waals surface area contributed by atoms with Crippen LogP contribution in [0.2, 0.25) is 0 Å². The SMILES string of the molecule is Nc1ccc(N=Nc2ccc(-c3ccc(N=Nc4c(S(=O)(=O)[O-])cc5c(c4N)C(=O)/C(=N/Nc4ccccc4)C(S(=O)(=O)[O-])=C5)cc3)cc2)c(N)c1. The topological polar surface area (TPSA) is 283 Å². The molecule has 16 nitrogen and oxygen atoms in total. The van der Waals surface area contributed by atoms with Crippen molar-refractivity contribution in [1.29, 1.82) is 0 Å². The molecule has 0 aromatic heterocycles. The van der Waals surface area contributed by atoms with Crippen molar-refractivity contribution in [2.24, 2.45) is 25.6 Å². The molecule has 0 radical (unpaired) electrons. The van der Waals surface area contributed by atoms with E-state index in [1.165, 1.54) is 0 Å². The van der Waals surface area contributed by atoms with Crippen LogP contribution < -0.4 is 22.6 Å². The largest absolute Gasteiger partial charge is 0.744 e. The number of azo groups is 2. The highest BCUT2D eigenvalue weighted by molar-refractivity contribution is 7.91. The van der Waals surface area contributed by atoms with Crippen LogP contribution in [0.3, 0.4) is 0 Å². The molecule has 5 aromatic carbocycles. The first kappa shape index (κ1) is 35.2. The minimum Gasteiger partial charge on any atom is -0.744 e. The summed E-state index contributed by atoms with van der Waals surface area (Å²) in [6.07, 6.45) is 0.723. The fourth-order valence-corrected chi connectivity index (χ4v) is 6.35. The molecular weight excluding hydrogens is 711 g/mol. The molecule has 0 fully saturated rings. The molecular formula is C34H25N9O7S2-2. The molecule has 262 valence electrons. The highest BCUT2D eigenvalue weighted by Gasteiger charge is 2.34. The van der Waals surface area contributed by atoms with E-state index in [0.29, 0.717) is 34.5 Å². The van der Waals surface area contributed by atoms with Crippen LogP contribution in [0.1, 0.15) is 15.9 Å². The third-order valence-electron chi connectivity index (χ3n) is 7.56. The third-order valence-corrected chi connectivity index (χ3v) is 9.26. The van der Waals surface area contributed by atoms with Gasteiger partial charge in [0.15, 0.2) is 0 Å². The highest BCUT2D eigenvalue weighted by atomic mass is 32.2. The Morgan fingerprint density at radius 3 is 1.81 bits per heavy atom. The molecule has 0 unspecified atom stereocenters. The van der Waals surface area contributed by atoms with E-state index in [1.54, 1.807) is 84.9 Å². The number of benzene rings is 5. The van der Waals surface area contributed by atoms with E-state index in [2.05, 4.69) is 31.0 Å².